The van der Waals surface area contributed by atoms with Gasteiger partial charge in [0.1, 0.15) is 23.0 Å². The summed E-state index contributed by atoms with van der Waals surface area (Å²) in [5.74, 6) is -0.972. The van der Waals surface area contributed by atoms with Crippen LogP contribution in [0.15, 0.2) is 52.5 Å². The summed E-state index contributed by atoms with van der Waals surface area (Å²) in [5.41, 5.74) is 2.01. The van der Waals surface area contributed by atoms with Crippen LogP contribution in [0.2, 0.25) is 0 Å². The average Bonchev–Trinajstić information content (AvgIpc) is 3.60. The summed E-state index contributed by atoms with van der Waals surface area (Å²) >= 11 is 1.52. The molecule has 0 saturated carbocycles. The van der Waals surface area contributed by atoms with Crippen LogP contribution in [0.5, 0.6) is 5.75 Å². The molecule has 4 rings (SSSR count). The maximum Gasteiger partial charge on any atom is 0.305 e. The molecule has 1 fully saturated rings. The van der Waals surface area contributed by atoms with E-state index in [0.717, 1.165) is 42.1 Å². The summed E-state index contributed by atoms with van der Waals surface area (Å²) in [7, 11) is -2.78. The van der Waals surface area contributed by atoms with Crippen LogP contribution in [-0.2, 0) is 35.7 Å². The number of aliphatic carboxylic acids is 1. The number of carbonyl (C=O) groups is 3. The molecule has 1 aliphatic rings. The lowest BCUT2D eigenvalue weighted by atomic mass is 10.2. The largest absolute Gasteiger partial charge is 0.487 e. The van der Waals surface area contributed by atoms with Crippen LogP contribution in [0, 0.1) is 0 Å². The predicted octanol–water partition coefficient (Wildman–Crippen LogP) is 2.60. The van der Waals surface area contributed by atoms with Crippen LogP contribution >= 0.6 is 11.8 Å². The molecular weight excluding hydrogens is 610 g/mol. The molecule has 3 aromatic rings. The number of carboxylic acids is 1. The van der Waals surface area contributed by atoms with Crippen molar-refractivity contribution in [2.45, 2.75) is 54.9 Å². The van der Waals surface area contributed by atoms with Gasteiger partial charge < -0.3 is 29.3 Å². The molecule has 2 heterocycles. The molecule has 0 radical (unpaired) electrons. The Morgan fingerprint density at radius 2 is 1.93 bits per heavy atom. The van der Waals surface area contributed by atoms with Gasteiger partial charge in [-0.3, -0.25) is 14.5 Å². The Hall–Kier alpha value is -3.50. The quantitative estimate of drug-likeness (QED) is 0.112. The molecule has 1 aliphatic heterocycles. The van der Waals surface area contributed by atoms with Crippen molar-refractivity contribution in [3.8, 4) is 5.75 Å². The number of methoxy groups -OCH3 is 1. The van der Waals surface area contributed by atoms with Crippen molar-refractivity contribution >= 4 is 56.7 Å². The number of hydrogen-bond acceptors (Lipinski definition) is 10. The van der Waals surface area contributed by atoms with Gasteiger partial charge in [-0.2, -0.15) is 0 Å². The number of aromatic nitrogens is 2. The lowest BCUT2D eigenvalue weighted by molar-refractivity contribution is -0.138. The standard InChI is InChI=1S/C29H37N5O8S2/c1-20(17-34-24-8-4-3-7-23(24)31-29(34)43-14-13-41-2)42-25-15-21(30-27(36)18-33-11-5-6-12-33)9-10-26(25)44(39,40)32-22(19-35)16-28(37)38/h3-4,7-10,15,19-20,22,32H,5-6,11-14,16-18H2,1-2H3,(H,30,36)(H,37,38)/t20-,22?/m1/s1. The number of para-hydroxylation sites is 2. The number of nitrogens with zero attached hydrogens (tertiary/aromatic N) is 3. The third-order valence-electron chi connectivity index (χ3n) is 6.85. The van der Waals surface area contributed by atoms with E-state index in [1.807, 2.05) is 33.7 Å². The molecule has 1 amide bonds. The first kappa shape index (κ1) is 33.4. The second kappa shape index (κ2) is 15.5. The number of hydrogen-bond donors (Lipinski definition) is 3. The fraction of sp³-hybridized carbons (Fsp3) is 0.448. The van der Waals surface area contributed by atoms with Gasteiger partial charge in [-0.15, -0.1) is 0 Å². The van der Waals surface area contributed by atoms with Crippen molar-refractivity contribution in [2.24, 2.45) is 0 Å². The number of carbonyl (C=O) groups excluding carboxylic acids is 2. The van der Waals surface area contributed by atoms with Crippen molar-refractivity contribution in [3.05, 3.63) is 42.5 Å². The zero-order valence-corrected chi connectivity index (χ0v) is 26.2. The van der Waals surface area contributed by atoms with Gasteiger partial charge in [-0.25, -0.2) is 18.1 Å². The van der Waals surface area contributed by atoms with Crippen molar-refractivity contribution < 1.29 is 37.4 Å². The lowest BCUT2D eigenvalue weighted by Crippen LogP contribution is -2.38. The highest BCUT2D eigenvalue weighted by molar-refractivity contribution is 7.99. The third-order valence-corrected chi connectivity index (χ3v) is 9.32. The van der Waals surface area contributed by atoms with Gasteiger partial charge in [0.05, 0.1) is 43.2 Å². The molecule has 1 saturated heterocycles. The number of sulfonamides is 1. The molecule has 1 aromatic heterocycles. The zero-order chi connectivity index (χ0) is 31.7. The van der Waals surface area contributed by atoms with Gasteiger partial charge in [-0.1, -0.05) is 23.9 Å². The summed E-state index contributed by atoms with van der Waals surface area (Å²) in [6, 6.07) is 10.3. The summed E-state index contributed by atoms with van der Waals surface area (Å²) < 4.78 is 42.3. The number of carboxylic acid groups (broad SMARTS) is 1. The Labute approximate surface area is 260 Å². The van der Waals surface area contributed by atoms with E-state index in [-0.39, 0.29) is 29.4 Å². The number of rotatable bonds is 17. The first-order valence-corrected chi connectivity index (χ1v) is 16.7. The third kappa shape index (κ3) is 9.01. The molecule has 3 N–H and O–H groups in total. The fourth-order valence-corrected chi connectivity index (χ4v) is 7.09. The number of ether oxygens (including phenoxy) is 2. The minimum absolute atomic E-state index is 0.0676. The maximum absolute atomic E-state index is 13.4. The Morgan fingerprint density at radius 1 is 1.18 bits per heavy atom. The number of anilines is 1. The Morgan fingerprint density at radius 3 is 2.64 bits per heavy atom. The van der Waals surface area contributed by atoms with E-state index in [0.29, 0.717) is 24.6 Å². The molecule has 0 spiro atoms. The number of nitrogens with one attached hydrogen (secondary N) is 2. The number of aldehydes is 1. The van der Waals surface area contributed by atoms with Crippen LogP contribution in [0.1, 0.15) is 26.2 Å². The summed E-state index contributed by atoms with van der Waals surface area (Å²) in [5, 5.41) is 12.6. The molecule has 0 bridgehead atoms. The Bertz CT molecular complexity index is 1570. The van der Waals surface area contributed by atoms with Crippen molar-refractivity contribution in [1.82, 2.24) is 19.2 Å². The molecule has 13 nitrogen and oxygen atoms in total. The first-order chi connectivity index (χ1) is 21.1. The number of amides is 1. The highest BCUT2D eigenvalue weighted by Crippen LogP contribution is 2.30. The van der Waals surface area contributed by atoms with E-state index in [4.69, 9.17) is 19.6 Å². The van der Waals surface area contributed by atoms with Crippen LogP contribution in [0.3, 0.4) is 0 Å². The SMILES string of the molecule is COCCSc1nc2ccccc2n1C[C@@H](C)Oc1cc(NC(=O)CN2CCCC2)ccc1S(=O)(=O)NC(C=O)CC(=O)O. The molecule has 1 unspecified atom stereocenters. The minimum atomic E-state index is -4.40. The molecule has 44 heavy (non-hydrogen) atoms. The Kier molecular flexibility index (Phi) is 11.7. The topological polar surface area (TPSA) is 169 Å². The van der Waals surface area contributed by atoms with Crippen LogP contribution in [0.4, 0.5) is 5.69 Å². The van der Waals surface area contributed by atoms with Gasteiger partial charge in [-0.05, 0) is 57.1 Å². The maximum atomic E-state index is 13.4. The van der Waals surface area contributed by atoms with E-state index >= 15 is 0 Å². The van der Waals surface area contributed by atoms with Crippen LogP contribution in [-0.4, -0.2) is 97.4 Å². The van der Waals surface area contributed by atoms with Gasteiger partial charge >= 0.3 is 5.97 Å². The summed E-state index contributed by atoms with van der Waals surface area (Å²) in [4.78, 5) is 41.8. The highest BCUT2D eigenvalue weighted by atomic mass is 32.2. The number of likely N-dealkylation sites (tertiary alicyclic amines) is 1. The number of imidazole rings is 1. The highest BCUT2D eigenvalue weighted by Gasteiger charge is 2.27. The molecule has 15 heteroatoms. The van der Waals surface area contributed by atoms with Crippen molar-refractivity contribution in [1.29, 1.82) is 0 Å². The first-order valence-electron chi connectivity index (χ1n) is 14.2. The lowest BCUT2D eigenvalue weighted by Gasteiger charge is -2.21. The predicted molar refractivity (Wildman–Crippen MR) is 166 cm³/mol. The van der Waals surface area contributed by atoms with E-state index in [1.54, 1.807) is 14.0 Å². The minimum Gasteiger partial charge on any atom is -0.487 e. The summed E-state index contributed by atoms with van der Waals surface area (Å²) in [6.45, 7) is 4.51. The number of benzene rings is 2. The molecule has 2 aromatic carbocycles. The average molecular weight is 648 g/mol. The number of thioether (sulfide) groups is 1. The van der Waals surface area contributed by atoms with Crippen molar-refractivity contribution in [2.75, 3.05) is 44.4 Å². The van der Waals surface area contributed by atoms with E-state index in [2.05, 4.69) is 10.0 Å². The van der Waals surface area contributed by atoms with Gasteiger partial charge in [0, 0.05) is 24.6 Å². The van der Waals surface area contributed by atoms with Crippen molar-refractivity contribution in [3.63, 3.8) is 0 Å². The molecule has 238 valence electrons. The second-order valence-electron chi connectivity index (χ2n) is 10.4. The van der Waals surface area contributed by atoms with Crippen LogP contribution in [0.25, 0.3) is 11.0 Å². The zero-order valence-electron chi connectivity index (χ0n) is 24.6. The van der Waals surface area contributed by atoms with E-state index < -0.39 is 34.6 Å². The van der Waals surface area contributed by atoms with Gasteiger partial charge in [0.15, 0.2) is 5.16 Å². The van der Waals surface area contributed by atoms with E-state index in [1.165, 1.54) is 30.0 Å². The normalized spacial score (nSPS) is 15.2. The fourth-order valence-electron chi connectivity index (χ4n) is 4.88. The van der Waals surface area contributed by atoms with Gasteiger partial charge in [0.25, 0.3) is 0 Å². The summed E-state index contributed by atoms with van der Waals surface area (Å²) in [6.07, 6.45) is 0.988. The van der Waals surface area contributed by atoms with Gasteiger partial charge in [0.2, 0.25) is 15.9 Å². The van der Waals surface area contributed by atoms with Crippen LogP contribution < -0.4 is 14.8 Å². The monoisotopic (exact) mass is 647 g/mol. The van der Waals surface area contributed by atoms with E-state index in [9.17, 15) is 22.8 Å². The number of fused-ring (bicyclic) bond motifs is 1. The second-order valence-corrected chi connectivity index (χ2v) is 13.2. The Balaban J connectivity index is 1.62. The molecular formula is C29H37N5O8S2. The molecule has 0 aliphatic carbocycles. The molecule has 2 atom stereocenters. The smallest absolute Gasteiger partial charge is 0.305 e.